The van der Waals surface area contributed by atoms with Crippen LogP contribution in [0.5, 0.6) is 0 Å². The molecule has 0 N–H and O–H groups in total. The SMILES string of the molecule is CCCOOC(=O)/C=C/C(=O)OOCCC. The molecular weight excluding hydrogens is 216 g/mol. The first-order chi connectivity index (χ1) is 7.70. The summed E-state index contributed by atoms with van der Waals surface area (Å²) in [5, 5.41) is 0. The average molecular weight is 232 g/mol. The number of hydrogen-bond donors (Lipinski definition) is 0. The predicted octanol–water partition coefficient (Wildman–Crippen LogP) is 1.31. The van der Waals surface area contributed by atoms with Crippen LogP contribution < -0.4 is 0 Å². The van der Waals surface area contributed by atoms with E-state index in [-0.39, 0.29) is 0 Å². The normalized spacial score (nSPS) is 10.4. The van der Waals surface area contributed by atoms with Gasteiger partial charge in [0.1, 0.15) is 0 Å². The first-order valence-corrected chi connectivity index (χ1v) is 5.05. The van der Waals surface area contributed by atoms with E-state index in [1.807, 2.05) is 13.8 Å². The van der Waals surface area contributed by atoms with Gasteiger partial charge in [-0.1, -0.05) is 13.8 Å². The largest absolute Gasteiger partial charge is 0.366 e. The minimum atomic E-state index is -0.777. The summed E-state index contributed by atoms with van der Waals surface area (Å²) in [6, 6.07) is 0. The van der Waals surface area contributed by atoms with Crippen molar-refractivity contribution in [1.29, 1.82) is 0 Å². The molecule has 0 aromatic carbocycles. The summed E-state index contributed by atoms with van der Waals surface area (Å²) in [6.07, 6.45) is 3.24. The van der Waals surface area contributed by atoms with Crippen molar-refractivity contribution in [1.82, 2.24) is 0 Å². The second-order valence-corrected chi connectivity index (χ2v) is 2.78. The third kappa shape index (κ3) is 9.17. The summed E-state index contributed by atoms with van der Waals surface area (Å²) in [5.41, 5.74) is 0. The minimum absolute atomic E-state index is 0.309. The zero-order chi connectivity index (χ0) is 12.2. The fourth-order valence-electron chi connectivity index (χ4n) is 0.558. The Balaban J connectivity index is 3.63. The van der Waals surface area contributed by atoms with Gasteiger partial charge < -0.3 is 0 Å². The molecule has 0 unspecified atom stereocenters. The van der Waals surface area contributed by atoms with Crippen LogP contribution in [0.15, 0.2) is 12.2 Å². The lowest BCUT2D eigenvalue weighted by Gasteiger charge is -1.99. The number of hydrogen-bond acceptors (Lipinski definition) is 6. The Labute approximate surface area is 94.0 Å². The third-order valence-corrected chi connectivity index (χ3v) is 1.21. The Morgan fingerprint density at radius 3 is 1.56 bits per heavy atom. The minimum Gasteiger partial charge on any atom is -0.294 e. The number of rotatable bonds is 8. The van der Waals surface area contributed by atoms with Crippen molar-refractivity contribution in [2.24, 2.45) is 0 Å². The molecule has 0 aliphatic carbocycles. The zero-order valence-electron chi connectivity index (χ0n) is 9.43. The van der Waals surface area contributed by atoms with Crippen LogP contribution in [0.25, 0.3) is 0 Å². The summed E-state index contributed by atoms with van der Waals surface area (Å²) in [5.74, 6) is -1.55. The quantitative estimate of drug-likeness (QED) is 0.272. The lowest BCUT2D eigenvalue weighted by Crippen LogP contribution is -2.06. The maximum absolute atomic E-state index is 10.9. The summed E-state index contributed by atoms with van der Waals surface area (Å²) < 4.78 is 0. The van der Waals surface area contributed by atoms with Crippen LogP contribution >= 0.6 is 0 Å². The Hall–Kier alpha value is -1.40. The highest BCUT2D eigenvalue weighted by molar-refractivity contribution is 5.91. The van der Waals surface area contributed by atoms with Gasteiger partial charge in [0.05, 0.1) is 13.2 Å². The zero-order valence-corrected chi connectivity index (χ0v) is 9.43. The van der Waals surface area contributed by atoms with Crippen LogP contribution in [0.4, 0.5) is 0 Å². The monoisotopic (exact) mass is 232 g/mol. The topological polar surface area (TPSA) is 71.1 Å². The molecule has 0 aliphatic heterocycles. The van der Waals surface area contributed by atoms with Gasteiger partial charge in [-0.15, -0.1) is 0 Å². The second-order valence-electron chi connectivity index (χ2n) is 2.78. The summed E-state index contributed by atoms with van der Waals surface area (Å²) in [4.78, 5) is 39.3. The number of carbonyl (C=O) groups excluding carboxylic acids is 2. The van der Waals surface area contributed by atoms with E-state index in [1.54, 1.807) is 0 Å². The van der Waals surface area contributed by atoms with E-state index in [9.17, 15) is 9.59 Å². The van der Waals surface area contributed by atoms with E-state index < -0.39 is 11.9 Å². The molecule has 6 nitrogen and oxygen atoms in total. The molecule has 0 bridgehead atoms. The van der Waals surface area contributed by atoms with Gasteiger partial charge in [0.2, 0.25) is 0 Å². The van der Waals surface area contributed by atoms with Crippen LogP contribution in [0, 0.1) is 0 Å². The van der Waals surface area contributed by atoms with Crippen LogP contribution in [0.3, 0.4) is 0 Å². The molecule has 16 heavy (non-hydrogen) atoms. The highest BCUT2D eigenvalue weighted by Gasteiger charge is 2.02. The standard InChI is InChI=1S/C10H16O6/c1-3-7-13-15-9(11)5-6-10(12)16-14-8-4-2/h5-6H,3-4,7-8H2,1-2H3/b6-5+. The van der Waals surface area contributed by atoms with Crippen molar-refractivity contribution in [3.63, 3.8) is 0 Å². The molecule has 0 atom stereocenters. The molecule has 0 saturated carbocycles. The van der Waals surface area contributed by atoms with E-state index in [1.165, 1.54) is 0 Å². The maximum atomic E-state index is 10.9. The van der Waals surface area contributed by atoms with E-state index >= 15 is 0 Å². The summed E-state index contributed by atoms with van der Waals surface area (Å²) >= 11 is 0. The molecule has 6 heteroatoms. The van der Waals surface area contributed by atoms with E-state index in [0.29, 0.717) is 13.2 Å². The molecule has 0 fully saturated rings. The van der Waals surface area contributed by atoms with Crippen LogP contribution in [-0.4, -0.2) is 25.2 Å². The first-order valence-electron chi connectivity index (χ1n) is 5.05. The van der Waals surface area contributed by atoms with E-state index in [4.69, 9.17) is 0 Å². The Morgan fingerprint density at radius 1 is 0.875 bits per heavy atom. The molecule has 92 valence electrons. The van der Waals surface area contributed by atoms with Gasteiger partial charge in [0, 0.05) is 12.2 Å². The smallest absolute Gasteiger partial charge is 0.294 e. The van der Waals surface area contributed by atoms with E-state index in [2.05, 4.69) is 19.6 Å². The van der Waals surface area contributed by atoms with Crippen LogP contribution in [0.1, 0.15) is 26.7 Å². The molecular formula is C10H16O6. The Bertz CT molecular complexity index is 211. The van der Waals surface area contributed by atoms with Gasteiger partial charge in [0.15, 0.2) is 0 Å². The fourth-order valence-corrected chi connectivity index (χ4v) is 0.558. The maximum Gasteiger partial charge on any atom is 0.366 e. The second kappa shape index (κ2) is 10.1. The van der Waals surface area contributed by atoms with Crippen LogP contribution in [0.2, 0.25) is 0 Å². The molecule has 0 aliphatic rings. The first kappa shape index (κ1) is 14.6. The summed E-state index contributed by atoms with van der Waals surface area (Å²) in [7, 11) is 0. The highest BCUT2D eigenvalue weighted by atomic mass is 17.2. The van der Waals surface area contributed by atoms with Gasteiger partial charge >= 0.3 is 11.9 Å². The molecule has 0 saturated heterocycles. The average Bonchev–Trinajstić information content (AvgIpc) is 2.27. The molecule has 0 rings (SSSR count). The molecule has 0 radical (unpaired) electrons. The lowest BCUT2D eigenvalue weighted by atomic mass is 10.5. The Morgan fingerprint density at radius 2 is 1.25 bits per heavy atom. The molecule has 0 aromatic heterocycles. The predicted molar refractivity (Wildman–Crippen MR) is 53.8 cm³/mol. The molecule has 0 amide bonds. The van der Waals surface area contributed by atoms with Crippen molar-refractivity contribution in [2.45, 2.75) is 26.7 Å². The fraction of sp³-hybridized carbons (Fsp3) is 0.600. The molecule has 0 aromatic rings. The van der Waals surface area contributed by atoms with Crippen molar-refractivity contribution < 1.29 is 29.1 Å². The Kier molecular flexibility index (Phi) is 9.24. The lowest BCUT2D eigenvalue weighted by molar-refractivity contribution is -0.269. The van der Waals surface area contributed by atoms with Crippen molar-refractivity contribution in [3.8, 4) is 0 Å². The third-order valence-electron chi connectivity index (χ3n) is 1.21. The number of carbonyl (C=O) groups is 2. The van der Waals surface area contributed by atoms with Crippen LogP contribution in [-0.2, 0) is 29.1 Å². The van der Waals surface area contributed by atoms with Crippen molar-refractivity contribution in [3.05, 3.63) is 12.2 Å². The van der Waals surface area contributed by atoms with Gasteiger partial charge in [-0.2, -0.15) is 9.78 Å². The van der Waals surface area contributed by atoms with Gasteiger partial charge in [-0.3, -0.25) is 9.78 Å². The summed E-state index contributed by atoms with van der Waals surface area (Å²) in [6.45, 7) is 4.35. The van der Waals surface area contributed by atoms with Crippen molar-refractivity contribution in [2.75, 3.05) is 13.2 Å². The van der Waals surface area contributed by atoms with Gasteiger partial charge in [0.25, 0.3) is 0 Å². The van der Waals surface area contributed by atoms with Crippen molar-refractivity contribution >= 4 is 11.9 Å². The highest BCUT2D eigenvalue weighted by Crippen LogP contribution is 1.89. The van der Waals surface area contributed by atoms with Gasteiger partial charge in [-0.25, -0.2) is 9.59 Å². The van der Waals surface area contributed by atoms with E-state index in [0.717, 1.165) is 25.0 Å². The van der Waals surface area contributed by atoms with Gasteiger partial charge in [-0.05, 0) is 12.8 Å². The molecule has 0 heterocycles. The molecule has 0 spiro atoms.